The van der Waals surface area contributed by atoms with Gasteiger partial charge in [0.15, 0.2) is 0 Å². The van der Waals surface area contributed by atoms with Gasteiger partial charge in [-0.05, 0) is 35.7 Å². The summed E-state index contributed by atoms with van der Waals surface area (Å²) in [7, 11) is 1.29. The molecule has 0 saturated heterocycles. The molecule has 1 amide bonds. The maximum atomic E-state index is 13.7. The molecule has 2 aromatic carbocycles. The fourth-order valence-corrected chi connectivity index (χ4v) is 3.13. The molecular formula is C20H16FN3O3. The molecule has 136 valence electrons. The number of halogens is 1. The van der Waals surface area contributed by atoms with Crippen molar-refractivity contribution < 1.29 is 19.0 Å². The number of hydrogen-bond acceptors (Lipinski definition) is 4. The second-order valence-electron chi connectivity index (χ2n) is 6.00. The number of nitrogens with zero attached hydrogens (tertiary/aromatic N) is 2. The van der Waals surface area contributed by atoms with Crippen molar-refractivity contribution in [1.82, 2.24) is 9.38 Å². The Kier molecular flexibility index (Phi) is 4.21. The molecule has 0 aliphatic heterocycles. The van der Waals surface area contributed by atoms with Crippen molar-refractivity contribution in [3.63, 3.8) is 0 Å². The van der Waals surface area contributed by atoms with E-state index in [1.54, 1.807) is 28.7 Å². The van der Waals surface area contributed by atoms with Gasteiger partial charge in [-0.3, -0.25) is 5.32 Å². The second-order valence-corrected chi connectivity index (χ2v) is 6.00. The molecule has 4 aromatic rings. The summed E-state index contributed by atoms with van der Waals surface area (Å²) < 4.78 is 20.0. The van der Waals surface area contributed by atoms with Crippen molar-refractivity contribution in [3.05, 3.63) is 66.2 Å². The van der Waals surface area contributed by atoms with E-state index in [9.17, 15) is 14.3 Å². The number of carbonyl (C=O) groups excluding carboxylic acids is 1. The fraction of sp³-hybridized carbons (Fsp3) is 0.100. The first-order valence-electron chi connectivity index (χ1n) is 8.26. The molecule has 0 spiro atoms. The average molecular weight is 365 g/mol. The molecule has 0 radical (unpaired) electrons. The van der Waals surface area contributed by atoms with Crippen LogP contribution >= 0.6 is 0 Å². The Morgan fingerprint density at radius 2 is 2.11 bits per heavy atom. The van der Waals surface area contributed by atoms with Gasteiger partial charge >= 0.3 is 6.09 Å². The van der Waals surface area contributed by atoms with E-state index in [1.807, 2.05) is 18.3 Å². The standard InChI is InChI=1S/C20H16FN3O3/c1-27-20(26)22-15-6-5-12-7-8-24-17(11-25)18(23-19(24)16(12)10-15)13-3-2-4-14(21)9-13/h2-10,25H,11H2,1H3,(H,22,26). The van der Waals surface area contributed by atoms with E-state index in [-0.39, 0.29) is 12.4 Å². The first-order chi connectivity index (χ1) is 13.1. The van der Waals surface area contributed by atoms with Crippen molar-refractivity contribution >= 4 is 28.2 Å². The van der Waals surface area contributed by atoms with Crippen molar-refractivity contribution in [3.8, 4) is 11.3 Å². The molecule has 0 aliphatic carbocycles. The van der Waals surface area contributed by atoms with Crippen molar-refractivity contribution in [2.24, 2.45) is 0 Å². The third kappa shape index (κ3) is 2.98. The topological polar surface area (TPSA) is 75.9 Å². The van der Waals surface area contributed by atoms with Gasteiger partial charge in [0, 0.05) is 22.8 Å². The van der Waals surface area contributed by atoms with Gasteiger partial charge in [0.25, 0.3) is 0 Å². The summed E-state index contributed by atoms with van der Waals surface area (Å²) in [5.41, 5.74) is 2.81. The summed E-state index contributed by atoms with van der Waals surface area (Å²) in [6, 6.07) is 13.4. The minimum Gasteiger partial charge on any atom is -0.453 e. The number of pyridine rings is 1. The number of imidazole rings is 1. The highest BCUT2D eigenvalue weighted by molar-refractivity contribution is 5.99. The maximum Gasteiger partial charge on any atom is 0.411 e. The molecule has 2 N–H and O–H groups in total. The van der Waals surface area contributed by atoms with Gasteiger partial charge in [0.1, 0.15) is 11.5 Å². The highest BCUT2D eigenvalue weighted by Gasteiger charge is 2.16. The van der Waals surface area contributed by atoms with Crippen LogP contribution in [0.5, 0.6) is 0 Å². The lowest BCUT2D eigenvalue weighted by Gasteiger charge is -2.07. The Balaban J connectivity index is 1.95. The number of ether oxygens (including phenoxy) is 1. The SMILES string of the molecule is COC(=O)Nc1ccc2ccn3c(CO)c(-c4cccc(F)c4)nc3c2c1. The molecule has 7 heteroatoms. The van der Waals surface area contributed by atoms with Crippen LogP contribution in [0.3, 0.4) is 0 Å². The number of aliphatic hydroxyl groups excluding tert-OH is 1. The zero-order chi connectivity index (χ0) is 19.0. The normalized spacial score (nSPS) is 11.1. The fourth-order valence-electron chi connectivity index (χ4n) is 3.13. The summed E-state index contributed by atoms with van der Waals surface area (Å²) in [5.74, 6) is -0.372. The third-order valence-corrected chi connectivity index (χ3v) is 4.39. The van der Waals surface area contributed by atoms with E-state index < -0.39 is 6.09 Å². The number of anilines is 1. The third-order valence-electron chi connectivity index (χ3n) is 4.39. The Morgan fingerprint density at radius 1 is 1.26 bits per heavy atom. The number of nitrogens with one attached hydrogen (secondary N) is 1. The van der Waals surface area contributed by atoms with Crippen molar-refractivity contribution in [2.45, 2.75) is 6.61 Å². The molecule has 6 nitrogen and oxygen atoms in total. The minimum atomic E-state index is -0.568. The van der Waals surface area contributed by atoms with E-state index in [4.69, 9.17) is 0 Å². The van der Waals surface area contributed by atoms with Crippen LogP contribution < -0.4 is 5.32 Å². The van der Waals surface area contributed by atoms with Crippen molar-refractivity contribution in [1.29, 1.82) is 0 Å². The van der Waals surface area contributed by atoms with Crippen LogP contribution in [0.4, 0.5) is 14.9 Å². The number of hydrogen-bond donors (Lipinski definition) is 2. The van der Waals surface area contributed by atoms with Gasteiger partial charge in [-0.15, -0.1) is 0 Å². The van der Waals surface area contributed by atoms with Crippen LogP contribution in [0.15, 0.2) is 54.7 Å². The van der Waals surface area contributed by atoms with Gasteiger partial charge in [-0.25, -0.2) is 14.2 Å². The highest BCUT2D eigenvalue weighted by atomic mass is 19.1. The molecule has 0 atom stereocenters. The van der Waals surface area contributed by atoms with Gasteiger partial charge in [-0.2, -0.15) is 0 Å². The minimum absolute atomic E-state index is 0.251. The lowest BCUT2D eigenvalue weighted by molar-refractivity contribution is 0.187. The smallest absolute Gasteiger partial charge is 0.411 e. The number of rotatable bonds is 3. The molecule has 2 heterocycles. The molecule has 27 heavy (non-hydrogen) atoms. The average Bonchev–Trinajstić information content (AvgIpc) is 3.07. The molecular weight excluding hydrogens is 349 g/mol. The number of amides is 1. The summed E-state index contributed by atoms with van der Waals surface area (Å²) in [6.45, 7) is -0.251. The number of methoxy groups -OCH3 is 1. The van der Waals surface area contributed by atoms with Gasteiger partial charge in [0.2, 0.25) is 0 Å². The number of carbonyl (C=O) groups is 1. The maximum absolute atomic E-state index is 13.7. The van der Waals surface area contributed by atoms with E-state index in [0.29, 0.717) is 28.3 Å². The molecule has 0 unspecified atom stereocenters. The summed E-state index contributed by atoms with van der Waals surface area (Å²) >= 11 is 0. The van der Waals surface area contributed by atoms with Gasteiger partial charge < -0.3 is 14.2 Å². The monoisotopic (exact) mass is 365 g/mol. The van der Waals surface area contributed by atoms with Crippen LogP contribution in [-0.4, -0.2) is 27.7 Å². The molecule has 2 aromatic heterocycles. The van der Waals surface area contributed by atoms with Crippen molar-refractivity contribution in [2.75, 3.05) is 12.4 Å². The van der Waals surface area contributed by atoms with Gasteiger partial charge in [-0.1, -0.05) is 18.2 Å². The number of fused-ring (bicyclic) bond motifs is 3. The lowest BCUT2D eigenvalue weighted by atomic mass is 10.1. The van der Waals surface area contributed by atoms with Crippen LogP contribution in [0, 0.1) is 5.82 Å². The Hall–Kier alpha value is -3.45. The Labute approximate surface area is 153 Å². The van der Waals surface area contributed by atoms with E-state index in [0.717, 1.165) is 10.8 Å². The predicted molar refractivity (Wildman–Crippen MR) is 100 cm³/mol. The largest absolute Gasteiger partial charge is 0.453 e. The number of aromatic nitrogens is 2. The number of aliphatic hydroxyl groups is 1. The van der Waals surface area contributed by atoms with E-state index in [2.05, 4.69) is 15.0 Å². The van der Waals surface area contributed by atoms with Crippen LogP contribution in [0.2, 0.25) is 0 Å². The first kappa shape index (κ1) is 17.0. The zero-order valence-electron chi connectivity index (χ0n) is 14.4. The molecule has 0 aliphatic rings. The predicted octanol–water partition coefficient (Wildman–Crippen LogP) is 3.96. The highest BCUT2D eigenvalue weighted by Crippen LogP contribution is 2.30. The quantitative estimate of drug-likeness (QED) is 0.576. The Morgan fingerprint density at radius 3 is 2.85 bits per heavy atom. The second kappa shape index (κ2) is 6.69. The van der Waals surface area contributed by atoms with E-state index >= 15 is 0 Å². The zero-order valence-corrected chi connectivity index (χ0v) is 14.4. The van der Waals surface area contributed by atoms with Crippen LogP contribution in [0.1, 0.15) is 5.69 Å². The first-order valence-corrected chi connectivity index (χ1v) is 8.26. The van der Waals surface area contributed by atoms with Gasteiger partial charge in [0.05, 0.1) is 25.1 Å². The summed E-state index contributed by atoms with van der Waals surface area (Å²) in [6.07, 6.45) is 1.24. The molecule has 0 saturated carbocycles. The Bertz CT molecular complexity index is 1170. The van der Waals surface area contributed by atoms with E-state index in [1.165, 1.54) is 19.2 Å². The summed E-state index contributed by atoms with van der Waals surface area (Å²) in [4.78, 5) is 16.1. The van der Waals surface area contributed by atoms with Crippen LogP contribution in [-0.2, 0) is 11.3 Å². The van der Waals surface area contributed by atoms with Crippen LogP contribution in [0.25, 0.3) is 27.7 Å². The molecule has 0 fully saturated rings. The molecule has 4 rings (SSSR count). The number of benzene rings is 2. The molecule has 0 bridgehead atoms. The summed E-state index contributed by atoms with van der Waals surface area (Å²) in [5, 5.41) is 14.2. The lowest BCUT2D eigenvalue weighted by Crippen LogP contribution is -2.10.